The summed E-state index contributed by atoms with van der Waals surface area (Å²) in [5.41, 5.74) is 0.722. The average Bonchev–Trinajstić information content (AvgIpc) is 3.25. The molecule has 4 rings (SSSR count). The summed E-state index contributed by atoms with van der Waals surface area (Å²) in [6.45, 7) is 6.34. The van der Waals surface area contributed by atoms with Crippen molar-refractivity contribution in [2.75, 3.05) is 13.7 Å². The minimum atomic E-state index is -0.282. The zero-order valence-electron chi connectivity index (χ0n) is 19.0. The van der Waals surface area contributed by atoms with Gasteiger partial charge in [-0.3, -0.25) is 9.69 Å². The average molecular weight is 443 g/mol. The van der Waals surface area contributed by atoms with Crippen molar-refractivity contribution in [2.45, 2.75) is 65.1 Å². The van der Waals surface area contributed by atoms with Crippen molar-refractivity contribution in [3.63, 3.8) is 0 Å². The van der Waals surface area contributed by atoms with Crippen LogP contribution in [0.25, 0.3) is 11.4 Å². The van der Waals surface area contributed by atoms with Gasteiger partial charge in [-0.1, -0.05) is 18.0 Å². The first-order chi connectivity index (χ1) is 15.4. The molecule has 1 saturated carbocycles. The zero-order valence-corrected chi connectivity index (χ0v) is 19.0. The van der Waals surface area contributed by atoms with Crippen LogP contribution in [0, 0.1) is 5.92 Å². The van der Waals surface area contributed by atoms with Gasteiger partial charge in [-0.25, -0.2) is 4.79 Å². The van der Waals surface area contributed by atoms with E-state index in [1.54, 1.807) is 24.1 Å². The van der Waals surface area contributed by atoms with Crippen LogP contribution in [0.3, 0.4) is 0 Å². The highest BCUT2D eigenvalue weighted by Crippen LogP contribution is 2.36. The molecule has 0 N–H and O–H groups in total. The number of hydrogen-bond acceptors (Lipinski definition) is 7. The van der Waals surface area contributed by atoms with E-state index in [1.807, 2.05) is 26.8 Å². The van der Waals surface area contributed by atoms with Crippen molar-refractivity contribution >= 4 is 11.9 Å². The molecule has 1 saturated heterocycles. The third kappa shape index (κ3) is 4.03. The third-order valence-electron chi connectivity index (χ3n) is 6.15. The van der Waals surface area contributed by atoms with Gasteiger partial charge in [0.2, 0.25) is 17.6 Å². The van der Waals surface area contributed by atoms with Gasteiger partial charge < -0.3 is 18.9 Å². The second kappa shape index (κ2) is 9.18. The normalized spacial score (nSPS) is 21.2. The van der Waals surface area contributed by atoms with Crippen molar-refractivity contribution in [3.05, 3.63) is 24.1 Å². The fourth-order valence-electron chi connectivity index (χ4n) is 4.65. The Bertz CT molecular complexity index is 989. The van der Waals surface area contributed by atoms with Gasteiger partial charge in [0.25, 0.3) is 0 Å². The summed E-state index contributed by atoms with van der Waals surface area (Å²) in [6.07, 6.45) is 3.62. The molecule has 3 amide bonds. The lowest BCUT2D eigenvalue weighted by atomic mass is 9.81. The maximum absolute atomic E-state index is 13.2. The number of methoxy groups -OCH3 is 1. The predicted octanol–water partition coefficient (Wildman–Crippen LogP) is 3.88. The van der Waals surface area contributed by atoms with Gasteiger partial charge in [0.1, 0.15) is 6.54 Å². The highest BCUT2D eigenvalue weighted by molar-refractivity contribution is 5.99. The Hall–Kier alpha value is -3.10. The number of imide groups is 1. The summed E-state index contributed by atoms with van der Waals surface area (Å²) in [5, 5.41) is 4.10. The van der Waals surface area contributed by atoms with E-state index in [0.29, 0.717) is 29.8 Å². The standard InChI is InChI=1S/C23H30N4O5/c1-5-31-18-11-10-15(12-19(18)30-4)21-24-20(32-25-21)13-26-17-9-7-6-8-16(17)22(28)27(14(2)3)23(26)29/h10-12,14,16-17H,5-9,13H2,1-4H3. The number of rotatable bonds is 7. The topological polar surface area (TPSA) is 98.0 Å². The molecule has 0 spiro atoms. The molecule has 1 aromatic heterocycles. The minimum Gasteiger partial charge on any atom is -0.493 e. The number of amides is 3. The van der Waals surface area contributed by atoms with Crippen LogP contribution in [0.1, 0.15) is 52.3 Å². The molecule has 9 heteroatoms. The Labute approximate surface area is 187 Å². The molecule has 2 fully saturated rings. The lowest BCUT2D eigenvalue weighted by Crippen LogP contribution is -2.63. The largest absolute Gasteiger partial charge is 0.493 e. The number of nitrogens with zero attached hydrogens (tertiary/aromatic N) is 4. The van der Waals surface area contributed by atoms with E-state index in [0.717, 1.165) is 31.2 Å². The highest BCUT2D eigenvalue weighted by atomic mass is 16.5. The smallest absolute Gasteiger partial charge is 0.327 e. The zero-order chi connectivity index (χ0) is 22.8. The summed E-state index contributed by atoms with van der Waals surface area (Å²) in [4.78, 5) is 33.8. The van der Waals surface area contributed by atoms with Crippen molar-refractivity contribution < 1.29 is 23.6 Å². The first-order valence-corrected chi connectivity index (χ1v) is 11.2. The van der Waals surface area contributed by atoms with Crippen LogP contribution in [-0.2, 0) is 11.3 Å². The summed E-state index contributed by atoms with van der Waals surface area (Å²) in [7, 11) is 1.58. The molecular formula is C23H30N4O5. The van der Waals surface area contributed by atoms with Crippen LogP contribution < -0.4 is 9.47 Å². The van der Waals surface area contributed by atoms with Crippen molar-refractivity contribution in [3.8, 4) is 22.9 Å². The maximum Gasteiger partial charge on any atom is 0.327 e. The van der Waals surface area contributed by atoms with Crippen molar-refractivity contribution in [1.82, 2.24) is 19.9 Å². The van der Waals surface area contributed by atoms with Crippen LogP contribution in [0.2, 0.25) is 0 Å². The Kier molecular flexibility index (Phi) is 6.34. The van der Waals surface area contributed by atoms with Gasteiger partial charge >= 0.3 is 6.03 Å². The first kappa shape index (κ1) is 22.1. The van der Waals surface area contributed by atoms with E-state index in [1.165, 1.54) is 4.90 Å². The lowest BCUT2D eigenvalue weighted by molar-refractivity contribution is -0.142. The summed E-state index contributed by atoms with van der Waals surface area (Å²) in [6, 6.07) is 4.83. The monoisotopic (exact) mass is 442 g/mol. The predicted molar refractivity (Wildman–Crippen MR) is 116 cm³/mol. The number of hydrogen-bond donors (Lipinski definition) is 0. The van der Waals surface area contributed by atoms with Gasteiger partial charge in [-0.2, -0.15) is 4.98 Å². The molecule has 2 aromatic rings. The van der Waals surface area contributed by atoms with E-state index in [4.69, 9.17) is 14.0 Å². The van der Waals surface area contributed by atoms with Gasteiger partial charge in [0, 0.05) is 17.6 Å². The number of aromatic nitrogens is 2. The molecule has 2 atom stereocenters. The summed E-state index contributed by atoms with van der Waals surface area (Å²) >= 11 is 0. The van der Waals surface area contributed by atoms with Gasteiger partial charge in [-0.15, -0.1) is 0 Å². The van der Waals surface area contributed by atoms with Crippen molar-refractivity contribution in [2.24, 2.45) is 5.92 Å². The SMILES string of the molecule is CCOc1ccc(-c2noc(CN3C(=O)N(C(C)C)C(=O)C4CCCCC43)n2)cc1OC. The number of benzene rings is 1. The van der Waals surface area contributed by atoms with Gasteiger partial charge in [0.15, 0.2) is 11.5 Å². The molecule has 0 bridgehead atoms. The molecular weight excluding hydrogens is 412 g/mol. The molecule has 1 aliphatic carbocycles. The van der Waals surface area contributed by atoms with Crippen LogP contribution in [-0.4, -0.2) is 57.7 Å². The summed E-state index contributed by atoms with van der Waals surface area (Å²) < 4.78 is 16.5. The molecule has 0 radical (unpaired) electrons. The first-order valence-electron chi connectivity index (χ1n) is 11.2. The number of carbonyl (C=O) groups excluding carboxylic acids is 2. The number of ether oxygens (including phenoxy) is 2. The quantitative estimate of drug-likeness (QED) is 0.642. The Morgan fingerprint density at radius 1 is 1.19 bits per heavy atom. The van der Waals surface area contributed by atoms with Crippen LogP contribution >= 0.6 is 0 Å². The van der Waals surface area contributed by atoms with Crippen LogP contribution in [0.4, 0.5) is 4.79 Å². The summed E-state index contributed by atoms with van der Waals surface area (Å²) in [5.74, 6) is 1.74. The highest BCUT2D eigenvalue weighted by Gasteiger charge is 2.48. The molecule has 9 nitrogen and oxygen atoms in total. The number of fused-ring (bicyclic) bond motifs is 1. The molecule has 2 heterocycles. The van der Waals surface area contributed by atoms with E-state index < -0.39 is 0 Å². The fraction of sp³-hybridized carbons (Fsp3) is 0.565. The Balaban J connectivity index is 1.58. The number of urea groups is 1. The van der Waals surface area contributed by atoms with Crippen LogP contribution in [0.15, 0.2) is 22.7 Å². The van der Waals surface area contributed by atoms with Crippen LogP contribution in [0.5, 0.6) is 11.5 Å². The van der Waals surface area contributed by atoms with E-state index in [2.05, 4.69) is 10.1 Å². The molecule has 1 aromatic carbocycles. The Morgan fingerprint density at radius 2 is 1.97 bits per heavy atom. The second-order valence-electron chi connectivity index (χ2n) is 8.48. The van der Waals surface area contributed by atoms with Crippen molar-refractivity contribution in [1.29, 1.82) is 0 Å². The van der Waals surface area contributed by atoms with Gasteiger partial charge in [-0.05, 0) is 51.8 Å². The van der Waals surface area contributed by atoms with E-state index in [-0.39, 0.29) is 36.5 Å². The van der Waals surface area contributed by atoms with E-state index in [9.17, 15) is 9.59 Å². The molecule has 2 unspecified atom stereocenters. The molecule has 2 aliphatic rings. The van der Waals surface area contributed by atoms with E-state index >= 15 is 0 Å². The second-order valence-corrected chi connectivity index (χ2v) is 8.48. The molecule has 32 heavy (non-hydrogen) atoms. The van der Waals surface area contributed by atoms with Gasteiger partial charge in [0.05, 0.1) is 19.6 Å². The number of carbonyl (C=O) groups is 2. The fourth-order valence-corrected chi connectivity index (χ4v) is 4.65. The lowest BCUT2D eigenvalue weighted by Gasteiger charge is -2.47. The molecule has 172 valence electrons. The Morgan fingerprint density at radius 3 is 2.69 bits per heavy atom. The maximum atomic E-state index is 13.2. The third-order valence-corrected chi connectivity index (χ3v) is 6.15. The minimum absolute atomic E-state index is 0.0568. The molecule has 1 aliphatic heterocycles.